The average molecular weight is 285 g/mol. The first-order valence-electron chi connectivity index (χ1n) is 6.97. The molecule has 0 bridgehead atoms. The van der Waals surface area contributed by atoms with E-state index in [2.05, 4.69) is 6.07 Å². The zero-order valence-electron chi connectivity index (χ0n) is 12.3. The van der Waals surface area contributed by atoms with Gasteiger partial charge in [-0.05, 0) is 23.8 Å². The van der Waals surface area contributed by atoms with E-state index in [1.54, 1.807) is 14.2 Å². The van der Waals surface area contributed by atoms with Crippen molar-refractivity contribution in [1.29, 1.82) is 0 Å². The molecule has 2 aromatic carbocycles. The molecule has 4 nitrogen and oxygen atoms in total. The number of hydrogen-bond acceptors (Lipinski definition) is 4. The molecule has 0 spiro atoms. The summed E-state index contributed by atoms with van der Waals surface area (Å²) in [5.74, 6) is 2.49. The number of fused-ring (bicyclic) bond motifs is 1. The van der Waals surface area contributed by atoms with Crippen molar-refractivity contribution in [3.8, 4) is 28.4 Å². The van der Waals surface area contributed by atoms with Crippen LogP contribution >= 0.6 is 0 Å². The van der Waals surface area contributed by atoms with E-state index in [1.807, 2.05) is 30.3 Å². The standard InChI is InChI=1S/C17H19NO3/c1-19-12-6-7-16(20-2)15(9-12)14-5-3-4-11-8-13(10-18)21-17(11)14/h3-7,9,13H,8,10,18H2,1-2H3/t13-/m1/s1. The number of ether oxygens (including phenoxy) is 3. The van der Waals surface area contributed by atoms with Crippen LogP contribution < -0.4 is 19.9 Å². The molecule has 2 aromatic rings. The fraction of sp³-hybridized carbons (Fsp3) is 0.294. The number of rotatable bonds is 4. The topological polar surface area (TPSA) is 53.7 Å². The molecule has 0 unspecified atom stereocenters. The first-order valence-corrected chi connectivity index (χ1v) is 6.97. The second-order valence-electron chi connectivity index (χ2n) is 5.04. The Labute approximate surface area is 124 Å². The number of benzene rings is 2. The van der Waals surface area contributed by atoms with Gasteiger partial charge in [-0.2, -0.15) is 0 Å². The van der Waals surface area contributed by atoms with Crippen molar-refractivity contribution in [2.45, 2.75) is 12.5 Å². The molecule has 1 atom stereocenters. The van der Waals surface area contributed by atoms with Crippen LogP contribution in [0.1, 0.15) is 5.56 Å². The van der Waals surface area contributed by atoms with E-state index in [1.165, 1.54) is 5.56 Å². The number of nitrogens with two attached hydrogens (primary N) is 1. The Bertz CT molecular complexity index is 654. The quantitative estimate of drug-likeness (QED) is 0.938. The summed E-state index contributed by atoms with van der Waals surface area (Å²) in [5.41, 5.74) is 8.90. The van der Waals surface area contributed by atoms with E-state index in [9.17, 15) is 0 Å². The van der Waals surface area contributed by atoms with E-state index in [0.29, 0.717) is 6.54 Å². The van der Waals surface area contributed by atoms with Crippen molar-refractivity contribution in [1.82, 2.24) is 0 Å². The molecule has 0 saturated carbocycles. The molecule has 0 fully saturated rings. The van der Waals surface area contributed by atoms with Gasteiger partial charge in [-0.3, -0.25) is 0 Å². The lowest BCUT2D eigenvalue weighted by atomic mass is 9.99. The van der Waals surface area contributed by atoms with Crippen LogP contribution in [0.3, 0.4) is 0 Å². The van der Waals surface area contributed by atoms with Gasteiger partial charge in [0.15, 0.2) is 0 Å². The second kappa shape index (κ2) is 5.66. The minimum absolute atomic E-state index is 0.0535. The van der Waals surface area contributed by atoms with Crippen LogP contribution in [0.2, 0.25) is 0 Å². The highest BCUT2D eigenvalue weighted by molar-refractivity contribution is 5.78. The summed E-state index contributed by atoms with van der Waals surface area (Å²) in [7, 11) is 3.32. The summed E-state index contributed by atoms with van der Waals surface area (Å²) < 4.78 is 16.8. The highest BCUT2D eigenvalue weighted by atomic mass is 16.5. The summed E-state index contributed by atoms with van der Waals surface area (Å²) in [6.07, 6.45) is 0.907. The Kier molecular flexibility index (Phi) is 3.71. The monoisotopic (exact) mass is 285 g/mol. The normalized spacial score (nSPS) is 16.2. The smallest absolute Gasteiger partial charge is 0.131 e. The van der Waals surface area contributed by atoms with Crippen molar-refractivity contribution in [2.75, 3.05) is 20.8 Å². The fourth-order valence-electron chi connectivity index (χ4n) is 2.71. The first-order chi connectivity index (χ1) is 10.3. The molecule has 110 valence electrons. The highest BCUT2D eigenvalue weighted by Gasteiger charge is 2.25. The largest absolute Gasteiger partial charge is 0.497 e. The van der Waals surface area contributed by atoms with Crippen molar-refractivity contribution < 1.29 is 14.2 Å². The molecule has 1 heterocycles. The summed E-state index contributed by atoms with van der Waals surface area (Å²) in [5, 5.41) is 0. The third-order valence-electron chi connectivity index (χ3n) is 3.79. The molecular formula is C17H19NO3. The highest BCUT2D eigenvalue weighted by Crippen LogP contribution is 2.43. The minimum Gasteiger partial charge on any atom is -0.497 e. The van der Waals surface area contributed by atoms with Gasteiger partial charge in [0.25, 0.3) is 0 Å². The Morgan fingerprint density at radius 3 is 2.71 bits per heavy atom. The van der Waals surface area contributed by atoms with E-state index >= 15 is 0 Å². The lowest BCUT2D eigenvalue weighted by Crippen LogP contribution is -2.24. The van der Waals surface area contributed by atoms with E-state index in [0.717, 1.165) is 34.8 Å². The number of methoxy groups -OCH3 is 2. The molecule has 4 heteroatoms. The predicted molar refractivity (Wildman–Crippen MR) is 82.2 cm³/mol. The lowest BCUT2D eigenvalue weighted by Gasteiger charge is -2.14. The van der Waals surface area contributed by atoms with Gasteiger partial charge < -0.3 is 19.9 Å². The van der Waals surface area contributed by atoms with E-state index in [4.69, 9.17) is 19.9 Å². The second-order valence-corrected chi connectivity index (χ2v) is 5.04. The molecule has 0 aromatic heterocycles. The maximum Gasteiger partial charge on any atom is 0.131 e. The third-order valence-corrected chi connectivity index (χ3v) is 3.79. The molecule has 21 heavy (non-hydrogen) atoms. The summed E-state index contributed by atoms with van der Waals surface area (Å²) >= 11 is 0. The third kappa shape index (κ3) is 2.43. The van der Waals surface area contributed by atoms with Gasteiger partial charge in [-0.15, -0.1) is 0 Å². The minimum atomic E-state index is 0.0535. The zero-order chi connectivity index (χ0) is 14.8. The maximum absolute atomic E-state index is 5.99. The van der Waals surface area contributed by atoms with Crippen LogP contribution in [0.25, 0.3) is 11.1 Å². The molecule has 1 aliphatic rings. The van der Waals surface area contributed by atoms with Crippen molar-refractivity contribution in [2.24, 2.45) is 5.73 Å². The molecule has 0 radical (unpaired) electrons. The molecule has 0 amide bonds. The van der Waals surface area contributed by atoms with Crippen LogP contribution in [-0.2, 0) is 6.42 Å². The number of para-hydroxylation sites is 1. The summed E-state index contributed by atoms with van der Waals surface area (Å²) in [6, 6.07) is 11.9. The fourth-order valence-corrected chi connectivity index (χ4v) is 2.71. The first kappa shape index (κ1) is 13.8. The molecule has 0 saturated heterocycles. The van der Waals surface area contributed by atoms with Crippen molar-refractivity contribution >= 4 is 0 Å². The lowest BCUT2D eigenvalue weighted by molar-refractivity contribution is 0.242. The van der Waals surface area contributed by atoms with Gasteiger partial charge in [0, 0.05) is 24.1 Å². The van der Waals surface area contributed by atoms with Crippen LogP contribution in [-0.4, -0.2) is 26.9 Å². The Hall–Kier alpha value is -2.20. The van der Waals surface area contributed by atoms with Crippen molar-refractivity contribution in [3.63, 3.8) is 0 Å². The van der Waals surface area contributed by atoms with Crippen LogP contribution in [0.15, 0.2) is 36.4 Å². The van der Waals surface area contributed by atoms with Gasteiger partial charge in [0.1, 0.15) is 23.4 Å². The Morgan fingerprint density at radius 2 is 2.00 bits per heavy atom. The van der Waals surface area contributed by atoms with Gasteiger partial charge >= 0.3 is 0 Å². The molecule has 3 rings (SSSR count). The summed E-state index contributed by atoms with van der Waals surface area (Å²) in [4.78, 5) is 0. The molecule has 1 aliphatic heterocycles. The van der Waals surface area contributed by atoms with Gasteiger partial charge in [-0.25, -0.2) is 0 Å². The van der Waals surface area contributed by atoms with Crippen LogP contribution in [0.5, 0.6) is 17.2 Å². The van der Waals surface area contributed by atoms with Crippen LogP contribution in [0, 0.1) is 0 Å². The molecule has 0 aliphatic carbocycles. The SMILES string of the molecule is COc1ccc(OC)c(-c2cccc3c2O[C@@H](CN)C3)c1. The summed E-state index contributed by atoms with van der Waals surface area (Å²) in [6.45, 7) is 0.517. The molecular weight excluding hydrogens is 266 g/mol. The maximum atomic E-state index is 5.99. The molecule has 2 N–H and O–H groups in total. The number of hydrogen-bond donors (Lipinski definition) is 1. The average Bonchev–Trinajstić information content (AvgIpc) is 2.97. The van der Waals surface area contributed by atoms with E-state index in [-0.39, 0.29) is 6.10 Å². The van der Waals surface area contributed by atoms with Gasteiger partial charge in [0.05, 0.1) is 14.2 Å². The zero-order valence-corrected chi connectivity index (χ0v) is 12.3. The Morgan fingerprint density at radius 1 is 1.14 bits per heavy atom. The van der Waals surface area contributed by atoms with Gasteiger partial charge in [-0.1, -0.05) is 18.2 Å². The predicted octanol–water partition coefficient (Wildman–Crippen LogP) is 2.63. The Balaban J connectivity index is 2.12. The van der Waals surface area contributed by atoms with Crippen LogP contribution in [0.4, 0.5) is 0 Å². The van der Waals surface area contributed by atoms with Crippen molar-refractivity contribution in [3.05, 3.63) is 42.0 Å². The van der Waals surface area contributed by atoms with E-state index < -0.39 is 0 Å². The van der Waals surface area contributed by atoms with Gasteiger partial charge in [0.2, 0.25) is 0 Å².